The summed E-state index contributed by atoms with van der Waals surface area (Å²) in [5, 5.41) is 7.00. The summed E-state index contributed by atoms with van der Waals surface area (Å²) in [6.07, 6.45) is 0. The van der Waals surface area contributed by atoms with Crippen LogP contribution >= 0.6 is 0 Å². The predicted molar refractivity (Wildman–Crippen MR) is 109 cm³/mol. The summed E-state index contributed by atoms with van der Waals surface area (Å²) in [6, 6.07) is 7.73. The fourth-order valence-electron chi connectivity index (χ4n) is 3.78. The van der Waals surface area contributed by atoms with E-state index in [1.165, 1.54) is 0 Å². The lowest BCUT2D eigenvalue weighted by atomic mass is 10.1. The van der Waals surface area contributed by atoms with E-state index < -0.39 is 0 Å². The first-order valence-electron chi connectivity index (χ1n) is 10.2. The van der Waals surface area contributed by atoms with Crippen molar-refractivity contribution >= 4 is 11.8 Å². The van der Waals surface area contributed by atoms with Crippen LogP contribution in [-0.4, -0.2) is 70.9 Å². The van der Waals surface area contributed by atoms with Crippen LogP contribution in [0.3, 0.4) is 0 Å². The minimum absolute atomic E-state index is 0.00502. The first kappa shape index (κ1) is 20.2. The highest BCUT2D eigenvalue weighted by molar-refractivity contribution is 5.95. The van der Waals surface area contributed by atoms with Gasteiger partial charge in [-0.05, 0) is 37.6 Å². The number of hydrogen-bond donors (Lipinski definition) is 1. The summed E-state index contributed by atoms with van der Waals surface area (Å²) in [7, 11) is 0. The zero-order valence-corrected chi connectivity index (χ0v) is 17.4. The Morgan fingerprint density at radius 2 is 1.87 bits per heavy atom. The van der Waals surface area contributed by atoms with Gasteiger partial charge in [0.1, 0.15) is 5.69 Å². The van der Waals surface area contributed by atoms with Gasteiger partial charge in [0.15, 0.2) is 11.5 Å². The molecule has 1 aromatic heterocycles. The molecular formula is C21H27N5O4. The largest absolute Gasteiger partial charge is 0.454 e. The molecule has 2 amide bonds. The Hall–Kier alpha value is -3.07. The molecule has 1 N–H and O–H groups in total. The Kier molecular flexibility index (Phi) is 5.89. The van der Waals surface area contributed by atoms with Crippen molar-refractivity contribution in [2.45, 2.75) is 26.9 Å². The average Bonchev–Trinajstić information content (AvgIpc) is 3.38. The van der Waals surface area contributed by atoms with Gasteiger partial charge in [-0.25, -0.2) is 0 Å². The number of benzene rings is 1. The number of hydrogen-bond acceptors (Lipinski definition) is 6. The highest BCUT2D eigenvalue weighted by Gasteiger charge is 2.23. The van der Waals surface area contributed by atoms with Crippen molar-refractivity contribution in [3.63, 3.8) is 0 Å². The molecule has 0 radical (unpaired) electrons. The van der Waals surface area contributed by atoms with Gasteiger partial charge in [-0.2, -0.15) is 5.10 Å². The van der Waals surface area contributed by atoms with Crippen molar-refractivity contribution in [3.8, 4) is 11.5 Å². The van der Waals surface area contributed by atoms with Gasteiger partial charge in [0, 0.05) is 39.3 Å². The van der Waals surface area contributed by atoms with E-state index >= 15 is 0 Å². The molecule has 160 valence electrons. The second-order valence-electron chi connectivity index (χ2n) is 7.51. The van der Waals surface area contributed by atoms with Crippen molar-refractivity contribution in [3.05, 3.63) is 41.2 Å². The fourth-order valence-corrected chi connectivity index (χ4v) is 3.78. The Labute approximate surface area is 175 Å². The molecular weight excluding hydrogens is 386 g/mol. The molecule has 9 heteroatoms. The van der Waals surface area contributed by atoms with Crippen molar-refractivity contribution in [2.24, 2.45) is 0 Å². The Morgan fingerprint density at radius 1 is 1.10 bits per heavy atom. The molecule has 0 saturated carbocycles. The normalized spacial score (nSPS) is 16.0. The van der Waals surface area contributed by atoms with Crippen LogP contribution in [0, 0.1) is 6.92 Å². The number of carbonyl (C=O) groups excluding carboxylic acids is 2. The van der Waals surface area contributed by atoms with E-state index in [0.29, 0.717) is 25.3 Å². The number of rotatable bonds is 6. The predicted octanol–water partition coefficient (Wildman–Crippen LogP) is 1.01. The molecule has 0 spiro atoms. The molecule has 4 rings (SSSR count). The number of carbonyl (C=O) groups is 2. The van der Waals surface area contributed by atoms with E-state index in [4.69, 9.17) is 9.47 Å². The molecule has 0 bridgehead atoms. The Balaban J connectivity index is 1.23. The van der Waals surface area contributed by atoms with Crippen LogP contribution in [-0.2, 0) is 17.9 Å². The maximum absolute atomic E-state index is 12.5. The monoisotopic (exact) mass is 413 g/mol. The van der Waals surface area contributed by atoms with Gasteiger partial charge in [0.2, 0.25) is 12.7 Å². The molecule has 2 aromatic rings. The lowest BCUT2D eigenvalue weighted by Crippen LogP contribution is -2.50. The molecule has 3 heterocycles. The quantitative estimate of drug-likeness (QED) is 0.761. The lowest BCUT2D eigenvalue weighted by Gasteiger charge is -2.34. The Morgan fingerprint density at radius 3 is 2.63 bits per heavy atom. The number of aryl methyl sites for hydroxylation is 2. The fraction of sp³-hybridized carbons (Fsp3) is 0.476. The maximum Gasteiger partial charge on any atom is 0.269 e. The van der Waals surface area contributed by atoms with Crippen LogP contribution < -0.4 is 14.8 Å². The number of fused-ring (bicyclic) bond motifs is 1. The third kappa shape index (κ3) is 4.40. The maximum atomic E-state index is 12.5. The lowest BCUT2D eigenvalue weighted by molar-refractivity contribution is -0.131. The van der Waals surface area contributed by atoms with Crippen molar-refractivity contribution < 1.29 is 19.1 Å². The highest BCUT2D eigenvalue weighted by atomic mass is 16.7. The third-order valence-corrected chi connectivity index (χ3v) is 5.40. The van der Waals surface area contributed by atoms with Crippen LogP contribution in [0.5, 0.6) is 11.5 Å². The zero-order valence-electron chi connectivity index (χ0n) is 17.4. The van der Waals surface area contributed by atoms with E-state index in [2.05, 4.69) is 15.3 Å². The van der Waals surface area contributed by atoms with E-state index in [1.54, 1.807) is 15.6 Å². The minimum Gasteiger partial charge on any atom is -0.454 e. The number of aromatic nitrogens is 2. The minimum atomic E-state index is -0.271. The van der Waals surface area contributed by atoms with Crippen molar-refractivity contribution in [2.75, 3.05) is 39.5 Å². The molecule has 2 aliphatic heterocycles. The van der Waals surface area contributed by atoms with Gasteiger partial charge in [-0.1, -0.05) is 6.07 Å². The second-order valence-corrected chi connectivity index (χ2v) is 7.51. The third-order valence-electron chi connectivity index (χ3n) is 5.40. The van der Waals surface area contributed by atoms with Gasteiger partial charge >= 0.3 is 0 Å². The highest BCUT2D eigenvalue weighted by Crippen LogP contribution is 2.32. The van der Waals surface area contributed by atoms with E-state index in [-0.39, 0.29) is 25.2 Å². The molecule has 1 saturated heterocycles. The van der Waals surface area contributed by atoms with E-state index in [0.717, 1.165) is 42.4 Å². The summed E-state index contributed by atoms with van der Waals surface area (Å²) in [4.78, 5) is 29.0. The summed E-state index contributed by atoms with van der Waals surface area (Å²) in [5.74, 6) is 1.24. The van der Waals surface area contributed by atoms with Gasteiger partial charge in [0.05, 0.1) is 12.2 Å². The van der Waals surface area contributed by atoms with Crippen molar-refractivity contribution in [1.29, 1.82) is 0 Å². The number of nitrogens with one attached hydrogen (secondary N) is 1. The molecule has 0 aliphatic carbocycles. The standard InChI is InChI=1S/C21H27N5O4/c1-3-26-17(10-15(2)23-26)21(28)22-12-20(27)25-8-6-24(7-9-25)13-16-4-5-18-19(11-16)30-14-29-18/h4-5,10-11H,3,6-9,12-14H2,1-2H3,(H,22,28). The summed E-state index contributed by atoms with van der Waals surface area (Å²) in [5.41, 5.74) is 2.43. The molecule has 0 atom stereocenters. The SMILES string of the molecule is CCn1nc(C)cc1C(=O)NCC(=O)N1CCN(Cc2ccc3c(c2)OCO3)CC1. The zero-order chi connectivity index (χ0) is 21.1. The van der Waals surface area contributed by atoms with Crippen LogP contribution in [0.25, 0.3) is 0 Å². The summed E-state index contributed by atoms with van der Waals surface area (Å²) in [6.45, 7) is 8.31. The van der Waals surface area contributed by atoms with Crippen LogP contribution in [0.1, 0.15) is 28.7 Å². The van der Waals surface area contributed by atoms with Crippen LogP contribution in [0.2, 0.25) is 0 Å². The van der Waals surface area contributed by atoms with E-state index in [1.807, 2.05) is 32.0 Å². The van der Waals surface area contributed by atoms with E-state index in [9.17, 15) is 9.59 Å². The topological polar surface area (TPSA) is 88.9 Å². The molecule has 0 unspecified atom stereocenters. The number of piperazine rings is 1. The molecule has 1 fully saturated rings. The number of nitrogens with zero attached hydrogens (tertiary/aromatic N) is 4. The smallest absolute Gasteiger partial charge is 0.269 e. The summed E-state index contributed by atoms with van der Waals surface area (Å²) < 4.78 is 12.4. The van der Waals surface area contributed by atoms with Gasteiger partial charge < -0.3 is 19.7 Å². The van der Waals surface area contributed by atoms with Crippen LogP contribution in [0.4, 0.5) is 0 Å². The molecule has 9 nitrogen and oxygen atoms in total. The first-order chi connectivity index (χ1) is 14.5. The Bertz CT molecular complexity index is 933. The molecule has 30 heavy (non-hydrogen) atoms. The van der Waals surface area contributed by atoms with Gasteiger partial charge in [-0.15, -0.1) is 0 Å². The second kappa shape index (κ2) is 8.74. The molecule has 2 aliphatic rings. The first-order valence-corrected chi connectivity index (χ1v) is 10.2. The number of ether oxygens (including phenoxy) is 2. The van der Waals surface area contributed by atoms with Crippen LogP contribution in [0.15, 0.2) is 24.3 Å². The average molecular weight is 413 g/mol. The van der Waals surface area contributed by atoms with Gasteiger partial charge in [-0.3, -0.25) is 19.2 Å². The van der Waals surface area contributed by atoms with Gasteiger partial charge in [0.25, 0.3) is 5.91 Å². The molecule has 1 aromatic carbocycles. The number of amides is 2. The van der Waals surface area contributed by atoms with Crippen molar-refractivity contribution in [1.82, 2.24) is 24.9 Å². The summed E-state index contributed by atoms with van der Waals surface area (Å²) >= 11 is 0.